The van der Waals surface area contributed by atoms with Crippen LogP contribution in [0.15, 0.2) is 24.3 Å². The van der Waals surface area contributed by atoms with Crippen LogP contribution in [0.25, 0.3) is 0 Å². The zero-order chi connectivity index (χ0) is 20.8. The molecule has 30 heavy (non-hydrogen) atoms. The Balaban J connectivity index is 1.27. The average molecular weight is 412 g/mol. The summed E-state index contributed by atoms with van der Waals surface area (Å²) in [6.07, 6.45) is 3.10. The van der Waals surface area contributed by atoms with Gasteiger partial charge in [-0.1, -0.05) is 0 Å². The molecule has 1 atom stereocenters. The second kappa shape index (κ2) is 10.4. The van der Waals surface area contributed by atoms with Crippen molar-refractivity contribution in [3.8, 4) is 6.07 Å². The molecular weight excluding hydrogens is 378 g/mol. The van der Waals surface area contributed by atoms with Crippen LogP contribution in [-0.2, 0) is 9.53 Å². The molecule has 3 saturated heterocycles. The molecule has 0 spiro atoms. The van der Waals surface area contributed by atoms with E-state index in [0.717, 1.165) is 97.1 Å². The van der Waals surface area contributed by atoms with E-state index in [0.29, 0.717) is 5.56 Å². The van der Waals surface area contributed by atoms with Crippen LogP contribution in [-0.4, -0.2) is 98.8 Å². The van der Waals surface area contributed by atoms with Gasteiger partial charge in [-0.25, -0.2) is 0 Å². The molecule has 162 valence electrons. The molecule has 0 unspecified atom stereocenters. The molecule has 0 bridgehead atoms. The van der Waals surface area contributed by atoms with E-state index >= 15 is 0 Å². The largest absolute Gasteiger partial charge is 0.380 e. The van der Waals surface area contributed by atoms with Crippen LogP contribution in [0, 0.1) is 11.3 Å². The highest BCUT2D eigenvalue weighted by Gasteiger charge is 2.35. The summed E-state index contributed by atoms with van der Waals surface area (Å²) in [4.78, 5) is 22.6. The molecule has 3 aliphatic heterocycles. The number of nitrogens with zero attached hydrogens (tertiary/aromatic N) is 5. The number of rotatable bonds is 5. The first-order chi connectivity index (χ1) is 14.7. The number of piperidine rings is 1. The fourth-order valence-electron chi connectivity index (χ4n) is 4.77. The Morgan fingerprint density at radius 2 is 1.63 bits per heavy atom. The van der Waals surface area contributed by atoms with Crippen LogP contribution in [0.1, 0.15) is 24.8 Å². The maximum absolute atomic E-state index is 13.2. The molecule has 7 heteroatoms. The van der Waals surface area contributed by atoms with Crippen LogP contribution >= 0.6 is 0 Å². The van der Waals surface area contributed by atoms with Crippen molar-refractivity contribution in [2.24, 2.45) is 0 Å². The molecular formula is C23H33N5O2. The molecule has 0 aliphatic carbocycles. The van der Waals surface area contributed by atoms with Gasteiger partial charge in [0.1, 0.15) is 0 Å². The second-order valence-electron chi connectivity index (χ2n) is 8.49. The second-order valence-corrected chi connectivity index (χ2v) is 8.49. The van der Waals surface area contributed by atoms with Crippen molar-refractivity contribution in [2.75, 3.05) is 77.0 Å². The van der Waals surface area contributed by atoms with Gasteiger partial charge in [-0.05, 0) is 43.5 Å². The van der Waals surface area contributed by atoms with Crippen LogP contribution in [0.4, 0.5) is 5.69 Å². The Bertz CT molecular complexity index is 731. The average Bonchev–Trinajstić information content (AvgIpc) is 3.07. The zero-order valence-electron chi connectivity index (χ0n) is 17.8. The van der Waals surface area contributed by atoms with Gasteiger partial charge in [0.05, 0.1) is 24.3 Å². The van der Waals surface area contributed by atoms with E-state index in [2.05, 4.69) is 20.8 Å². The standard InChI is InChI=1S/C23H33N5O2/c24-19-20-4-6-21(7-5-20)28-9-1-3-22(23(28)29)27-14-12-26(13-15-27)11-10-25-8-2-17-30-18-16-25/h4-7,22H,1-3,8-18H2/t22-/m1/s1. The van der Waals surface area contributed by atoms with E-state index < -0.39 is 0 Å². The Labute approximate surface area is 179 Å². The van der Waals surface area contributed by atoms with Gasteiger partial charge in [-0.15, -0.1) is 0 Å². The van der Waals surface area contributed by atoms with Crippen LogP contribution in [0.2, 0.25) is 0 Å². The number of benzene rings is 1. The number of nitriles is 1. The molecule has 0 saturated carbocycles. The number of carbonyl (C=O) groups excluding carboxylic acids is 1. The summed E-state index contributed by atoms with van der Waals surface area (Å²) in [6.45, 7) is 10.9. The number of anilines is 1. The van der Waals surface area contributed by atoms with E-state index in [1.165, 1.54) is 0 Å². The van der Waals surface area contributed by atoms with Crippen LogP contribution < -0.4 is 4.90 Å². The summed E-state index contributed by atoms with van der Waals surface area (Å²) in [7, 11) is 0. The Morgan fingerprint density at radius 3 is 2.37 bits per heavy atom. The molecule has 0 radical (unpaired) electrons. The van der Waals surface area contributed by atoms with Crippen molar-refractivity contribution in [2.45, 2.75) is 25.3 Å². The molecule has 3 aliphatic rings. The number of hydrogen-bond acceptors (Lipinski definition) is 6. The quantitative estimate of drug-likeness (QED) is 0.730. The van der Waals surface area contributed by atoms with E-state index in [4.69, 9.17) is 10.00 Å². The first-order valence-corrected chi connectivity index (χ1v) is 11.3. The van der Waals surface area contributed by atoms with Gasteiger partial charge in [0.25, 0.3) is 0 Å². The van der Waals surface area contributed by atoms with E-state index in [-0.39, 0.29) is 11.9 Å². The van der Waals surface area contributed by atoms with Gasteiger partial charge in [-0.3, -0.25) is 19.5 Å². The molecule has 0 N–H and O–H groups in total. The monoisotopic (exact) mass is 411 g/mol. The predicted octanol–water partition coefficient (Wildman–Crippen LogP) is 1.39. The maximum atomic E-state index is 13.2. The number of hydrogen-bond donors (Lipinski definition) is 0. The van der Waals surface area contributed by atoms with Crippen molar-refractivity contribution < 1.29 is 9.53 Å². The summed E-state index contributed by atoms with van der Waals surface area (Å²) in [5, 5.41) is 9.00. The number of piperazine rings is 1. The Morgan fingerprint density at radius 1 is 0.900 bits per heavy atom. The normalized spacial score (nSPS) is 25.1. The smallest absolute Gasteiger partial charge is 0.244 e. The van der Waals surface area contributed by atoms with Crippen molar-refractivity contribution in [3.05, 3.63) is 29.8 Å². The number of amides is 1. The molecule has 4 rings (SSSR count). The van der Waals surface area contributed by atoms with Crippen molar-refractivity contribution >= 4 is 11.6 Å². The zero-order valence-corrected chi connectivity index (χ0v) is 17.8. The summed E-state index contributed by atoms with van der Waals surface area (Å²) in [5.41, 5.74) is 1.53. The van der Waals surface area contributed by atoms with E-state index in [1.54, 1.807) is 12.1 Å². The minimum absolute atomic E-state index is 0.0145. The highest BCUT2D eigenvalue weighted by Crippen LogP contribution is 2.25. The van der Waals surface area contributed by atoms with E-state index in [9.17, 15) is 4.79 Å². The van der Waals surface area contributed by atoms with Crippen LogP contribution in [0.3, 0.4) is 0 Å². The Kier molecular flexibility index (Phi) is 7.34. The fraction of sp³-hybridized carbons (Fsp3) is 0.652. The third kappa shape index (κ3) is 5.19. The SMILES string of the molecule is N#Cc1ccc(N2CCC[C@@H](N3CCN(CCN4CCCOCC4)CC3)C2=O)cc1. The summed E-state index contributed by atoms with van der Waals surface area (Å²) in [5.74, 6) is 0.212. The van der Waals surface area contributed by atoms with Gasteiger partial charge in [-0.2, -0.15) is 5.26 Å². The Hall–Kier alpha value is -1.98. The van der Waals surface area contributed by atoms with Crippen molar-refractivity contribution in [1.82, 2.24) is 14.7 Å². The minimum atomic E-state index is -0.0145. The first kappa shape index (κ1) is 21.3. The topological polar surface area (TPSA) is 63.1 Å². The minimum Gasteiger partial charge on any atom is -0.380 e. The molecule has 3 heterocycles. The summed E-state index contributed by atoms with van der Waals surface area (Å²) >= 11 is 0. The lowest BCUT2D eigenvalue weighted by Crippen LogP contribution is -2.58. The van der Waals surface area contributed by atoms with Gasteiger partial charge < -0.3 is 9.64 Å². The third-order valence-electron chi connectivity index (χ3n) is 6.61. The van der Waals surface area contributed by atoms with Gasteiger partial charge in [0, 0.05) is 71.2 Å². The number of carbonyl (C=O) groups is 1. The lowest BCUT2D eigenvalue weighted by Gasteiger charge is -2.42. The number of ether oxygens (including phenoxy) is 1. The molecule has 0 aromatic heterocycles. The van der Waals surface area contributed by atoms with Crippen molar-refractivity contribution in [3.63, 3.8) is 0 Å². The maximum Gasteiger partial charge on any atom is 0.244 e. The predicted molar refractivity (Wildman–Crippen MR) is 116 cm³/mol. The molecule has 1 amide bonds. The van der Waals surface area contributed by atoms with Crippen molar-refractivity contribution in [1.29, 1.82) is 5.26 Å². The third-order valence-corrected chi connectivity index (χ3v) is 6.61. The molecule has 1 aromatic rings. The van der Waals surface area contributed by atoms with Gasteiger partial charge >= 0.3 is 0 Å². The van der Waals surface area contributed by atoms with Gasteiger partial charge in [0.15, 0.2) is 0 Å². The van der Waals surface area contributed by atoms with Gasteiger partial charge in [0.2, 0.25) is 5.91 Å². The molecule has 3 fully saturated rings. The summed E-state index contributed by atoms with van der Waals surface area (Å²) in [6, 6.07) is 9.50. The lowest BCUT2D eigenvalue weighted by molar-refractivity contribution is -0.126. The lowest BCUT2D eigenvalue weighted by atomic mass is 10.0. The highest BCUT2D eigenvalue weighted by molar-refractivity contribution is 5.98. The van der Waals surface area contributed by atoms with Crippen LogP contribution in [0.5, 0.6) is 0 Å². The fourth-order valence-corrected chi connectivity index (χ4v) is 4.77. The summed E-state index contributed by atoms with van der Waals surface area (Å²) < 4.78 is 5.55. The molecule has 1 aromatic carbocycles. The first-order valence-electron chi connectivity index (χ1n) is 11.3. The molecule has 7 nitrogen and oxygen atoms in total. The van der Waals surface area contributed by atoms with E-state index in [1.807, 2.05) is 17.0 Å². The highest BCUT2D eigenvalue weighted by atomic mass is 16.5.